The fourth-order valence-corrected chi connectivity index (χ4v) is 4.53. The van der Waals surface area contributed by atoms with Crippen molar-refractivity contribution in [3.05, 3.63) is 44.8 Å². The smallest absolute Gasteiger partial charge is 0.0454 e. The van der Waals surface area contributed by atoms with Crippen molar-refractivity contribution in [1.29, 1.82) is 0 Å². The van der Waals surface area contributed by atoms with Crippen LogP contribution < -0.4 is 5.73 Å². The Morgan fingerprint density at radius 2 is 2.12 bits per heavy atom. The van der Waals surface area contributed by atoms with Crippen molar-refractivity contribution < 1.29 is 0 Å². The Morgan fingerprint density at radius 1 is 1.19 bits per heavy atom. The molecule has 0 aromatic carbocycles. The first-order valence-electron chi connectivity index (χ1n) is 5.06. The number of hydrogen-bond acceptors (Lipinski definition) is 4. The van der Waals surface area contributed by atoms with Crippen molar-refractivity contribution >= 4 is 43.4 Å². The third kappa shape index (κ3) is 1.94. The maximum atomic E-state index is 6.23. The van der Waals surface area contributed by atoms with Crippen LogP contribution in [0.3, 0.4) is 0 Å². The number of fused-ring (bicyclic) bond motifs is 1. The monoisotopic (exact) mass is 265 g/mol. The Balaban J connectivity index is 1.84. The second-order valence-corrected chi connectivity index (χ2v) is 6.58. The third-order valence-corrected chi connectivity index (χ3v) is 5.52. The van der Waals surface area contributed by atoms with Gasteiger partial charge in [0.1, 0.15) is 0 Å². The van der Waals surface area contributed by atoms with Gasteiger partial charge in [-0.05, 0) is 46.3 Å². The quantitative estimate of drug-likeness (QED) is 0.752. The van der Waals surface area contributed by atoms with E-state index in [-0.39, 0.29) is 6.04 Å². The lowest BCUT2D eigenvalue weighted by molar-refractivity contribution is 0.739. The van der Waals surface area contributed by atoms with Crippen LogP contribution in [-0.4, -0.2) is 0 Å². The van der Waals surface area contributed by atoms with Crippen molar-refractivity contribution in [2.75, 3.05) is 0 Å². The van der Waals surface area contributed by atoms with Gasteiger partial charge in [-0.3, -0.25) is 0 Å². The minimum atomic E-state index is 0.138. The molecule has 2 N–H and O–H groups in total. The summed E-state index contributed by atoms with van der Waals surface area (Å²) in [5.74, 6) is 0. The van der Waals surface area contributed by atoms with Crippen LogP contribution in [0.15, 0.2) is 34.3 Å². The largest absolute Gasteiger partial charge is 0.323 e. The SMILES string of the molecule is NC(Cc1ccsc1)c1cc2sccc2s1. The summed E-state index contributed by atoms with van der Waals surface area (Å²) in [5, 5.41) is 6.42. The van der Waals surface area contributed by atoms with Crippen LogP contribution >= 0.6 is 34.0 Å². The molecule has 0 aliphatic carbocycles. The van der Waals surface area contributed by atoms with E-state index in [1.54, 1.807) is 22.7 Å². The molecule has 0 aliphatic rings. The van der Waals surface area contributed by atoms with E-state index in [9.17, 15) is 0 Å². The fourth-order valence-electron chi connectivity index (χ4n) is 1.73. The summed E-state index contributed by atoms with van der Waals surface area (Å²) >= 11 is 5.35. The van der Waals surface area contributed by atoms with E-state index in [4.69, 9.17) is 5.73 Å². The molecule has 0 amide bonds. The molecule has 0 fully saturated rings. The Bertz CT molecular complexity index is 548. The maximum Gasteiger partial charge on any atom is 0.0454 e. The van der Waals surface area contributed by atoms with E-state index >= 15 is 0 Å². The Labute approximate surface area is 106 Å². The second-order valence-electron chi connectivity index (χ2n) is 3.74. The highest BCUT2D eigenvalue weighted by atomic mass is 32.1. The molecule has 3 rings (SSSR count). The summed E-state index contributed by atoms with van der Waals surface area (Å²) in [5.41, 5.74) is 7.57. The van der Waals surface area contributed by atoms with Crippen LogP contribution in [0.1, 0.15) is 16.5 Å². The van der Waals surface area contributed by atoms with Gasteiger partial charge in [0.25, 0.3) is 0 Å². The molecule has 0 bridgehead atoms. The van der Waals surface area contributed by atoms with Gasteiger partial charge in [0.2, 0.25) is 0 Å². The first kappa shape index (κ1) is 10.5. The minimum absolute atomic E-state index is 0.138. The van der Waals surface area contributed by atoms with Gasteiger partial charge in [0.15, 0.2) is 0 Å². The summed E-state index contributed by atoms with van der Waals surface area (Å²) in [6.07, 6.45) is 0.942. The Kier molecular flexibility index (Phi) is 2.81. The molecule has 1 atom stereocenters. The van der Waals surface area contributed by atoms with Gasteiger partial charge in [-0.2, -0.15) is 11.3 Å². The predicted octanol–water partition coefficient (Wildman–Crippen LogP) is 4.27. The van der Waals surface area contributed by atoms with Crippen LogP contribution in [0.25, 0.3) is 9.40 Å². The van der Waals surface area contributed by atoms with E-state index in [1.165, 1.54) is 19.8 Å². The van der Waals surface area contributed by atoms with E-state index in [0.717, 1.165) is 6.42 Å². The zero-order valence-corrected chi connectivity index (χ0v) is 11.0. The third-order valence-electron chi connectivity index (χ3n) is 2.56. The second kappa shape index (κ2) is 4.30. The van der Waals surface area contributed by atoms with Crippen LogP contribution in [0.4, 0.5) is 0 Å². The molecule has 1 unspecified atom stereocenters. The maximum absolute atomic E-state index is 6.23. The van der Waals surface area contributed by atoms with E-state index in [1.807, 2.05) is 11.3 Å². The van der Waals surface area contributed by atoms with Crippen LogP contribution in [0.2, 0.25) is 0 Å². The molecule has 3 aromatic rings. The van der Waals surface area contributed by atoms with Gasteiger partial charge >= 0.3 is 0 Å². The molecule has 0 aliphatic heterocycles. The molecule has 4 heteroatoms. The summed E-state index contributed by atoms with van der Waals surface area (Å²) < 4.78 is 2.72. The molecule has 3 heterocycles. The molecule has 3 aromatic heterocycles. The van der Waals surface area contributed by atoms with Gasteiger partial charge in [-0.25, -0.2) is 0 Å². The van der Waals surface area contributed by atoms with Gasteiger partial charge in [-0.1, -0.05) is 0 Å². The molecule has 1 nitrogen and oxygen atoms in total. The molecular formula is C12H11NS3. The average molecular weight is 265 g/mol. The molecule has 82 valence electrons. The molecule has 0 saturated carbocycles. The first-order chi connectivity index (χ1) is 7.83. The van der Waals surface area contributed by atoms with Crippen LogP contribution in [0, 0.1) is 0 Å². The summed E-state index contributed by atoms with van der Waals surface area (Å²) in [6.45, 7) is 0. The number of rotatable bonds is 3. The van der Waals surface area contributed by atoms with Gasteiger partial charge in [0, 0.05) is 20.3 Å². The van der Waals surface area contributed by atoms with Crippen LogP contribution in [-0.2, 0) is 6.42 Å². The highest BCUT2D eigenvalue weighted by Gasteiger charge is 2.11. The first-order valence-corrected chi connectivity index (χ1v) is 7.70. The van der Waals surface area contributed by atoms with E-state index in [2.05, 4.69) is 34.3 Å². The van der Waals surface area contributed by atoms with Crippen molar-refractivity contribution in [2.24, 2.45) is 5.73 Å². The van der Waals surface area contributed by atoms with Crippen molar-refractivity contribution in [3.8, 4) is 0 Å². The van der Waals surface area contributed by atoms with Gasteiger partial charge in [-0.15, -0.1) is 22.7 Å². The predicted molar refractivity (Wildman–Crippen MR) is 74.7 cm³/mol. The number of hydrogen-bond donors (Lipinski definition) is 1. The van der Waals surface area contributed by atoms with Crippen molar-refractivity contribution in [3.63, 3.8) is 0 Å². The Morgan fingerprint density at radius 3 is 2.88 bits per heavy atom. The molecule has 0 radical (unpaired) electrons. The fraction of sp³-hybridized carbons (Fsp3) is 0.167. The topological polar surface area (TPSA) is 26.0 Å². The average Bonchev–Trinajstić information content (AvgIpc) is 2.91. The standard InChI is InChI=1S/C12H11NS3/c13-9(5-8-1-3-14-7-8)11-6-12-10(16-11)2-4-15-12/h1-4,6-7,9H,5,13H2. The lowest BCUT2D eigenvalue weighted by atomic mass is 10.1. The molecule has 0 spiro atoms. The highest BCUT2D eigenvalue weighted by Crippen LogP contribution is 2.33. The van der Waals surface area contributed by atoms with E-state index < -0.39 is 0 Å². The minimum Gasteiger partial charge on any atom is -0.323 e. The van der Waals surface area contributed by atoms with E-state index in [0.29, 0.717) is 0 Å². The van der Waals surface area contributed by atoms with Crippen molar-refractivity contribution in [1.82, 2.24) is 0 Å². The van der Waals surface area contributed by atoms with Gasteiger partial charge in [0.05, 0.1) is 0 Å². The zero-order chi connectivity index (χ0) is 11.0. The molecular weight excluding hydrogens is 254 g/mol. The Hall–Kier alpha value is -0.680. The lowest BCUT2D eigenvalue weighted by Gasteiger charge is -2.07. The zero-order valence-electron chi connectivity index (χ0n) is 8.55. The molecule has 16 heavy (non-hydrogen) atoms. The summed E-state index contributed by atoms with van der Waals surface area (Å²) in [4.78, 5) is 1.30. The van der Waals surface area contributed by atoms with Crippen molar-refractivity contribution in [2.45, 2.75) is 12.5 Å². The number of nitrogens with two attached hydrogens (primary N) is 1. The molecule has 0 saturated heterocycles. The normalized spacial score (nSPS) is 13.3. The highest BCUT2D eigenvalue weighted by molar-refractivity contribution is 7.26. The van der Waals surface area contributed by atoms with Crippen LogP contribution in [0.5, 0.6) is 0 Å². The summed E-state index contributed by atoms with van der Waals surface area (Å²) in [6, 6.07) is 6.70. The lowest BCUT2D eigenvalue weighted by Crippen LogP contribution is -2.11. The van der Waals surface area contributed by atoms with Gasteiger partial charge < -0.3 is 5.73 Å². The summed E-state index contributed by atoms with van der Waals surface area (Å²) in [7, 11) is 0. The number of thiophene rings is 3.